The summed E-state index contributed by atoms with van der Waals surface area (Å²) in [6.45, 7) is 5.22. The number of pyridine rings is 1. The maximum Gasteiger partial charge on any atom is 0.262 e. The third-order valence-electron chi connectivity index (χ3n) is 10.6. The number of benzene rings is 3. The lowest BCUT2D eigenvalue weighted by molar-refractivity contribution is -0.136. The van der Waals surface area contributed by atoms with Gasteiger partial charge in [0.15, 0.2) is 0 Å². The Morgan fingerprint density at radius 3 is 2.15 bits per heavy atom. The third kappa shape index (κ3) is 6.72. The van der Waals surface area contributed by atoms with Crippen molar-refractivity contribution in [2.75, 3.05) is 18.9 Å². The number of imide groups is 2. The molecule has 3 aromatic carbocycles. The highest BCUT2D eigenvalue weighted by molar-refractivity contribution is 6.23. The fourth-order valence-corrected chi connectivity index (χ4v) is 7.38. The van der Waals surface area contributed by atoms with Crippen LogP contribution in [-0.2, 0) is 15.0 Å². The van der Waals surface area contributed by atoms with E-state index in [4.69, 9.17) is 9.47 Å². The molecule has 2 unspecified atom stereocenters. The van der Waals surface area contributed by atoms with Crippen molar-refractivity contribution in [3.05, 3.63) is 113 Å². The van der Waals surface area contributed by atoms with Gasteiger partial charge in [-0.05, 0) is 72.1 Å². The van der Waals surface area contributed by atoms with Gasteiger partial charge in [-0.25, -0.2) is 0 Å². The Kier molecular flexibility index (Phi) is 8.68. The van der Waals surface area contributed by atoms with Gasteiger partial charge in [0.25, 0.3) is 11.8 Å². The van der Waals surface area contributed by atoms with E-state index in [1.165, 1.54) is 0 Å². The Hall–Kier alpha value is -6.04. The fourth-order valence-electron chi connectivity index (χ4n) is 7.38. The Bertz CT molecular complexity index is 2110. The molecule has 12 heteroatoms. The maximum absolute atomic E-state index is 13.2. The maximum atomic E-state index is 13.2. The Labute approximate surface area is 307 Å². The van der Waals surface area contributed by atoms with E-state index in [0.29, 0.717) is 5.75 Å². The largest absolute Gasteiger partial charge is 0.490 e. The van der Waals surface area contributed by atoms with Gasteiger partial charge in [0, 0.05) is 56.2 Å². The predicted octanol–water partition coefficient (Wildman–Crippen LogP) is 5.64. The van der Waals surface area contributed by atoms with Crippen LogP contribution in [-0.4, -0.2) is 76.5 Å². The monoisotopic (exact) mass is 712 g/mol. The number of nitrogens with one attached hydrogen (secondary N) is 2. The highest BCUT2D eigenvalue weighted by Crippen LogP contribution is 2.36. The molecule has 2 N–H and O–H groups in total. The third-order valence-corrected chi connectivity index (χ3v) is 10.6. The minimum absolute atomic E-state index is 0.0456. The van der Waals surface area contributed by atoms with E-state index in [9.17, 15) is 19.2 Å². The Morgan fingerprint density at radius 2 is 1.51 bits per heavy atom. The van der Waals surface area contributed by atoms with Gasteiger partial charge in [-0.1, -0.05) is 38.1 Å². The summed E-state index contributed by atoms with van der Waals surface area (Å²) in [6.07, 6.45) is 5.49. The van der Waals surface area contributed by atoms with Gasteiger partial charge in [0.2, 0.25) is 11.8 Å². The molecule has 1 saturated carbocycles. The van der Waals surface area contributed by atoms with Crippen LogP contribution in [0.5, 0.6) is 17.2 Å². The molecule has 4 heterocycles. The number of carbonyl (C=O) groups excluding carboxylic acids is 4. The second-order valence-electron chi connectivity index (χ2n) is 14.7. The zero-order chi connectivity index (χ0) is 36.9. The summed E-state index contributed by atoms with van der Waals surface area (Å²) in [5.74, 6) is 0.377. The van der Waals surface area contributed by atoms with Crippen LogP contribution in [0.2, 0.25) is 0 Å². The summed E-state index contributed by atoms with van der Waals surface area (Å²) in [6, 6.07) is 24.5. The summed E-state index contributed by atoms with van der Waals surface area (Å²) in [5.41, 5.74) is 4.28. The van der Waals surface area contributed by atoms with Crippen LogP contribution in [0.3, 0.4) is 0 Å². The number of ether oxygens (including phenoxy) is 2. The van der Waals surface area contributed by atoms with Gasteiger partial charge in [-0.3, -0.25) is 39.4 Å². The standard InChI is InChI=1S/C41H40N6O6/c1-41(2,25-4-9-29(10-5-25)52-31-13-15-35(42-22-31)24-21-43-46(3)23-24)26-6-11-30(12-7-26)53-32-18-28(19-32)44-27-8-14-33-34(20-27)40(51)47(39(33)50)36-16-17-37(48)45-38(36)49/h4-15,20-22,24,28,32,36,44H,16-19,23H2,1-3H3,(H,45,48,49)/t24?,28-,32-,36?. The lowest BCUT2D eigenvalue weighted by Gasteiger charge is -2.36. The Morgan fingerprint density at radius 1 is 0.830 bits per heavy atom. The molecule has 53 heavy (non-hydrogen) atoms. The molecule has 1 aromatic heterocycles. The molecule has 4 amide bonds. The van der Waals surface area contributed by atoms with Gasteiger partial charge in [0.05, 0.1) is 28.9 Å². The first kappa shape index (κ1) is 34.1. The molecule has 1 saturated heterocycles. The van der Waals surface area contributed by atoms with E-state index in [1.54, 1.807) is 24.4 Å². The van der Waals surface area contributed by atoms with E-state index in [1.807, 2.05) is 54.7 Å². The molecule has 2 atom stereocenters. The number of anilines is 1. The molecular weight excluding hydrogens is 672 g/mol. The SMILES string of the molecule is CN1CC(c2ccc(Oc3ccc(C(C)(C)c4ccc(O[C@H]5C[C@H](Nc6ccc7c(c6)C(=O)N(C6CCC(=O)NC6=O)C7=O)C5)cc4)cc3)cn2)C=N1. The summed E-state index contributed by atoms with van der Waals surface area (Å²) < 4.78 is 12.4. The van der Waals surface area contributed by atoms with Crippen LogP contribution in [0.1, 0.15) is 83.0 Å². The normalized spacial score (nSPS) is 22.4. The minimum Gasteiger partial charge on any atom is -0.490 e. The second kappa shape index (κ2) is 13.5. The molecule has 270 valence electrons. The van der Waals surface area contributed by atoms with E-state index in [0.717, 1.165) is 58.3 Å². The first-order valence-electron chi connectivity index (χ1n) is 17.9. The van der Waals surface area contributed by atoms with Crippen molar-refractivity contribution >= 4 is 35.5 Å². The van der Waals surface area contributed by atoms with E-state index in [-0.39, 0.29) is 47.4 Å². The minimum atomic E-state index is -0.985. The molecule has 8 rings (SSSR count). The van der Waals surface area contributed by atoms with Crippen LogP contribution in [0.25, 0.3) is 0 Å². The average Bonchev–Trinajstić information content (AvgIpc) is 3.68. The number of hydrazone groups is 1. The molecule has 3 aliphatic heterocycles. The van der Waals surface area contributed by atoms with Crippen molar-refractivity contribution in [3.63, 3.8) is 0 Å². The topological polar surface area (TPSA) is 143 Å². The van der Waals surface area contributed by atoms with Gasteiger partial charge in [0.1, 0.15) is 29.4 Å². The van der Waals surface area contributed by atoms with Crippen LogP contribution in [0.15, 0.2) is 90.2 Å². The fraction of sp³-hybridized carbons (Fsp3) is 0.317. The van der Waals surface area contributed by atoms with Crippen LogP contribution < -0.4 is 20.1 Å². The molecule has 4 aliphatic rings. The summed E-state index contributed by atoms with van der Waals surface area (Å²) >= 11 is 0. The molecule has 0 bridgehead atoms. The van der Waals surface area contributed by atoms with E-state index < -0.39 is 29.7 Å². The molecule has 12 nitrogen and oxygen atoms in total. The number of carbonyl (C=O) groups is 4. The molecule has 0 spiro atoms. The molecule has 2 fully saturated rings. The second-order valence-corrected chi connectivity index (χ2v) is 14.7. The number of aromatic nitrogens is 1. The van der Waals surface area contributed by atoms with Crippen LogP contribution in [0, 0.1) is 0 Å². The number of rotatable bonds is 10. The number of nitrogens with zero attached hydrogens (tertiary/aromatic N) is 4. The van der Waals surface area contributed by atoms with Crippen molar-refractivity contribution in [2.24, 2.45) is 5.10 Å². The van der Waals surface area contributed by atoms with Crippen molar-refractivity contribution in [2.45, 2.75) is 69.1 Å². The van der Waals surface area contributed by atoms with Gasteiger partial charge >= 0.3 is 0 Å². The first-order valence-corrected chi connectivity index (χ1v) is 17.9. The highest BCUT2D eigenvalue weighted by atomic mass is 16.5. The summed E-state index contributed by atoms with van der Waals surface area (Å²) in [5, 5.41) is 11.9. The van der Waals surface area contributed by atoms with Crippen LogP contribution >= 0.6 is 0 Å². The van der Waals surface area contributed by atoms with E-state index >= 15 is 0 Å². The summed E-state index contributed by atoms with van der Waals surface area (Å²) in [4.78, 5) is 55.7. The number of piperidine rings is 1. The van der Waals surface area contributed by atoms with Gasteiger partial charge < -0.3 is 14.8 Å². The zero-order valence-corrected chi connectivity index (χ0v) is 29.7. The quantitative estimate of drug-likeness (QED) is 0.200. The summed E-state index contributed by atoms with van der Waals surface area (Å²) in [7, 11) is 1.95. The average molecular weight is 713 g/mol. The number of amides is 4. The molecular formula is C41H40N6O6. The number of likely N-dealkylation sites (N-methyl/N-ethyl adjacent to an activating group) is 1. The van der Waals surface area contributed by atoms with Crippen molar-refractivity contribution in [3.8, 4) is 17.2 Å². The van der Waals surface area contributed by atoms with Crippen molar-refractivity contribution < 1.29 is 28.7 Å². The molecule has 1 aliphatic carbocycles. The van der Waals surface area contributed by atoms with Crippen molar-refractivity contribution in [1.82, 2.24) is 20.2 Å². The van der Waals surface area contributed by atoms with Gasteiger partial charge in [-0.2, -0.15) is 5.10 Å². The van der Waals surface area contributed by atoms with E-state index in [2.05, 4.69) is 58.8 Å². The smallest absolute Gasteiger partial charge is 0.262 e. The zero-order valence-electron chi connectivity index (χ0n) is 29.7. The first-order chi connectivity index (χ1) is 25.5. The predicted molar refractivity (Wildman–Crippen MR) is 197 cm³/mol. The Balaban J connectivity index is 0.824. The number of hydrogen-bond donors (Lipinski definition) is 2. The highest BCUT2D eigenvalue weighted by Gasteiger charge is 2.45. The van der Waals surface area contributed by atoms with Crippen molar-refractivity contribution in [1.29, 1.82) is 0 Å². The lowest BCUT2D eigenvalue weighted by atomic mass is 9.78. The van der Waals surface area contributed by atoms with Gasteiger partial charge in [-0.15, -0.1) is 0 Å². The lowest BCUT2D eigenvalue weighted by Crippen LogP contribution is -2.54. The molecule has 0 radical (unpaired) electrons. The number of hydrogen-bond acceptors (Lipinski definition) is 10. The molecule has 4 aromatic rings. The van der Waals surface area contributed by atoms with Crippen LogP contribution in [0.4, 0.5) is 5.69 Å². The number of fused-ring (bicyclic) bond motifs is 1.